The highest BCUT2D eigenvalue weighted by atomic mass is 35.5. The molecule has 0 amide bonds. The number of aliphatic hydroxyl groups excluding tert-OH is 1. The topological polar surface area (TPSA) is 20.2 Å². The Kier molecular flexibility index (Phi) is 2.87. The second-order valence-electron chi connectivity index (χ2n) is 2.92. The van der Waals surface area contributed by atoms with Crippen LogP contribution in [-0.4, -0.2) is 5.11 Å². The zero-order chi connectivity index (χ0) is 9.97. The zero-order valence-corrected chi connectivity index (χ0v) is 8.98. The predicted molar refractivity (Wildman–Crippen MR) is 60.7 cm³/mol. The first-order chi connectivity index (χ1) is 6.81. The van der Waals surface area contributed by atoms with Gasteiger partial charge in [-0.25, -0.2) is 0 Å². The molecule has 1 heterocycles. The summed E-state index contributed by atoms with van der Waals surface area (Å²) in [6.07, 6.45) is 0. The Morgan fingerprint density at radius 1 is 1.14 bits per heavy atom. The van der Waals surface area contributed by atoms with Crippen molar-refractivity contribution in [1.82, 2.24) is 0 Å². The van der Waals surface area contributed by atoms with E-state index in [-0.39, 0.29) is 6.61 Å². The van der Waals surface area contributed by atoms with Crippen LogP contribution in [0.2, 0.25) is 4.34 Å². The summed E-state index contributed by atoms with van der Waals surface area (Å²) in [5.74, 6) is 0. The fraction of sp³-hybridized carbons (Fsp3) is 0.0909. The van der Waals surface area contributed by atoms with Crippen molar-refractivity contribution in [2.45, 2.75) is 6.61 Å². The predicted octanol–water partition coefficient (Wildman–Crippen LogP) is 3.56. The second-order valence-corrected chi connectivity index (χ2v) is 4.63. The van der Waals surface area contributed by atoms with Crippen LogP contribution >= 0.6 is 22.9 Å². The third-order valence-corrected chi connectivity index (χ3v) is 3.29. The summed E-state index contributed by atoms with van der Waals surface area (Å²) in [6.45, 7) is 0.0612. The first-order valence-electron chi connectivity index (χ1n) is 4.26. The van der Waals surface area contributed by atoms with Crippen LogP contribution in [0.4, 0.5) is 0 Å². The minimum atomic E-state index is 0.0612. The van der Waals surface area contributed by atoms with Crippen molar-refractivity contribution >= 4 is 22.9 Å². The SMILES string of the molecule is OCc1ccccc1-c1ccc(Cl)s1. The van der Waals surface area contributed by atoms with Gasteiger partial charge >= 0.3 is 0 Å². The van der Waals surface area contributed by atoms with Gasteiger partial charge in [-0.1, -0.05) is 35.9 Å². The number of rotatable bonds is 2. The van der Waals surface area contributed by atoms with Crippen LogP contribution in [0.3, 0.4) is 0 Å². The number of halogens is 1. The molecule has 1 aromatic carbocycles. The van der Waals surface area contributed by atoms with Crippen LogP contribution in [0, 0.1) is 0 Å². The van der Waals surface area contributed by atoms with Crippen molar-refractivity contribution in [1.29, 1.82) is 0 Å². The van der Waals surface area contributed by atoms with E-state index in [9.17, 15) is 0 Å². The molecule has 0 unspecified atom stereocenters. The van der Waals surface area contributed by atoms with E-state index in [4.69, 9.17) is 16.7 Å². The van der Waals surface area contributed by atoms with Crippen LogP contribution in [-0.2, 0) is 6.61 Å². The molecule has 0 spiro atoms. The molecule has 14 heavy (non-hydrogen) atoms. The molecule has 72 valence electrons. The van der Waals surface area contributed by atoms with Crippen LogP contribution in [0.15, 0.2) is 36.4 Å². The van der Waals surface area contributed by atoms with Crippen LogP contribution < -0.4 is 0 Å². The molecule has 0 aliphatic heterocycles. The largest absolute Gasteiger partial charge is 0.392 e. The molecular weight excluding hydrogens is 216 g/mol. The molecule has 0 saturated carbocycles. The summed E-state index contributed by atoms with van der Waals surface area (Å²) < 4.78 is 0.771. The normalized spacial score (nSPS) is 10.4. The highest BCUT2D eigenvalue weighted by Gasteiger charge is 2.05. The molecule has 0 fully saturated rings. The third-order valence-electron chi connectivity index (χ3n) is 2.03. The maximum atomic E-state index is 9.16. The smallest absolute Gasteiger partial charge is 0.0934 e. The minimum absolute atomic E-state index is 0.0612. The van der Waals surface area contributed by atoms with Crippen LogP contribution in [0.1, 0.15) is 5.56 Å². The first-order valence-corrected chi connectivity index (χ1v) is 5.45. The monoisotopic (exact) mass is 224 g/mol. The molecule has 1 N–H and O–H groups in total. The van der Waals surface area contributed by atoms with Gasteiger partial charge in [0.25, 0.3) is 0 Å². The Labute approximate surface area is 91.6 Å². The molecule has 2 rings (SSSR count). The molecule has 1 nitrogen and oxygen atoms in total. The van der Waals surface area contributed by atoms with Gasteiger partial charge in [0.1, 0.15) is 0 Å². The van der Waals surface area contributed by atoms with E-state index in [1.807, 2.05) is 36.4 Å². The van der Waals surface area contributed by atoms with E-state index >= 15 is 0 Å². The van der Waals surface area contributed by atoms with E-state index in [2.05, 4.69) is 0 Å². The maximum Gasteiger partial charge on any atom is 0.0934 e. The zero-order valence-electron chi connectivity index (χ0n) is 7.40. The molecule has 2 aromatic rings. The fourth-order valence-corrected chi connectivity index (χ4v) is 2.46. The summed E-state index contributed by atoms with van der Waals surface area (Å²) in [4.78, 5) is 1.10. The molecule has 0 atom stereocenters. The first kappa shape index (κ1) is 9.71. The lowest BCUT2D eigenvalue weighted by molar-refractivity contribution is 0.282. The molecule has 0 radical (unpaired) electrons. The number of thiophene rings is 1. The van der Waals surface area contributed by atoms with E-state index in [0.717, 1.165) is 20.3 Å². The summed E-state index contributed by atoms with van der Waals surface area (Å²) in [5, 5.41) is 9.16. The van der Waals surface area contributed by atoms with Crippen molar-refractivity contribution in [3.05, 3.63) is 46.3 Å². The number of hydrogen-bond acceptors (Lipinski definition) is 2. The molecule has 0 bridgehead atoms. The van der Waals surface area contributed by atoms with E-state index in [1.54, 1.807) is 0 Å². The van der Waals surface area contributed by atoms with Crippen molar-refractivity contribution < 1.29 is 5.11 Å². The highest BCUT2D eigenvalue weighted by Crippen LogP contribution is 2.32. The van der Waals surface area contributed by atoms with Gasteiger partial charge < -0.3 is 5.11 Å². The standard InChI is InChI=1S/C11H9ClOS/c12-11-6-5-10(14-11)9-4-2-1-3-8(9)7-13/h1-6,13H,7H2. The minimum Gasteiger partial charge on any atom is -0.392 e. The highest BCUT2D eigenvalue weighted by molar-refractivity contribution is 7.19. The van der Waals surface area contributed by atoms with E-state index in [1.165, 1.54) is 11.3 Å². The lowest BCUT2D eigenvalue weighted by atomic mass is 10.1. The van der Waals surface area contributed by atoms with Gasteiger partial charge in [-0.15, -0.1) is 11.3 Å². The van der Waals surface area contributed by atoms with Gasteiger partial charge in [-0.05, 0) is 23.3 Å². The molecule has 3 heteroatoms. The Morgan fingerprint density at radius 3 is 2.57 bits per heavy atom. The summed E-state index contributed by atoms with van der Waals surface area (Å²) in [5.41, 5.74) is 2.00. The van der Waals surface area contributed by atoms with Crippen molar-refractivity contribution in [3.63, 3.8) is 0 Å². The average molecular weight is 225 g/mol. The van der Waals surface area contributed by atoms with Crippen molar-refractivity contribution in [2.75, 3.05) is 0 Å². The van der Waals surface area contributed by atoms with Gasteiger partial charge in [0, 0.05) is 4.88 Å². The molecule has 0 saturated heterocycles. The maximum absolute atomic E-state index is 9.16. The summed E-state index contributed by atoms with van der Waals surface area (Å²) in [6, 6.07) is 11.6. The lowest BCUT2D eigenvalue weighted by Crippen LogP contribution is -1.86. The quantitative estimate of drug-likeness (QED) is 0.827. The van der Waals surface area contributed by atoms with Crippen molar-refractivity contribution in [2.24, 2.45) is 0 Å². The number of aliphatic hydroxyl groups is 1. The lowest BCUT2D eigenvalue weighted by Gasteiger charge is -2.03. The van der Waals surface area contributed by atoms with Gasteiger partial charge in [-0.2, -0.15) is 0 Å². The average Bonchev–Trinajstić information content (AvgIpc) is 2.65. The summed E-state index contributed by atoms with van der Waals surface area (Å²) >= 11 is 7.39. The third kappa shape index (κ3) is 1.82. The molecule has 0 aliphatic rings. The van der Waals surface area contributed by atoms with Gasteiger partial charge in [0.15, 0.2) is 0 Å². The Bertz CT molecular complexity index is 436. The molecule has 1 aromatic heterocycles. The van der Waals surface area contributed by atoms with E-state index in [0.29, 0.717) is 0 Å². The molecular formula is C11H9ClOS. The second kappa shape index (κ2) is 4.13. The van der Waals surface area contributed by atoms with Gasteiger partial charge in [0.05, 0.1) is 10.9 Å². The number of hydrogen-bond donors (Lipinski definition) is 1. The fourth-order valence-electron chi connectivity index (χ4n) is 1.36. The van der Waals surface area contributed by atoms with Crippen LogP contribution in [0.5, 0.6) is 0 Å². The van der Waals surface area contributed by atoms with Gasteiger partial charge in [-0.3, -0.25) is 0 Å². The van der Waals surface area contributed by atoms with E-state index < -0.39 is 0 Å². The molecule has 0 aliphatic carbocycles. The number of benzene rings is 1. The summed E-state index contributed by atoms with van der Waals surface area (Å²) in [7, 11) is 0. The van der Waals surface area contributed by atoms with Crippen LogP contribution in [0.25, 0.3) is 10.4 Å². The Morgan fingerprint density at radius 2 is 1.93 bits per heavy atom. The van der Waals surface area contributed by atoms with Crippen molar-refractivity contribution in [3.8, 4) is 10.4 Å². The Balaban J connectivity index is 2.50. The van der Waals surface area contributed by atoms with Gasteiger partial charge in [0.2, 0.25) is 0 Å². The Hall–Kier alpha value is -0.830.